The van der Waals surface area contributed by atoms with Crippen LogP contribution < -0.4 is 5.32 Å². The Balaban J connectivity index is 2.16. The average molecular weight is 201 g/mol. The van der Waals surface area contributed by atoms with Crippen molar-refractivity contribution in [3.05, 3.63) is 0 Å². The van der Waals surface area contributed by atoms with Crippen LogP contribution >= 0.6 is 0 Å². The highest BCUT2D eigenvalue weighted by molar-refractivity contribution is 5.73. The fourth-order valence-corrected chi connectivity index (χ4v) is 1.41. The molecule has 0 aliphatic carbocycles. The van der Waals surface area contributed by atoms with Crippen LogP contribution in [0.25, 0.3) is 0 Å². The first-order chi connectivity index (χ1) is 6.52. The van der Waals surface area contributed by atoms with E-state index in [1.807, 2.05) is 0 Å². The van der Waals surface area contributed by atoms with Crippen LogP contribution in [-0.4, -0.2) is 37.4 Å². The molecule has 0 aromatic heterocycles. The van der Waals surface area contributed by atoms with Crippen LogP contribution in [0.4, 0.5) is 0 Å². The van der Waals surface area contributed by atoms with Gasteiger partial charge in [-0.3, -0.25) is 4.79 Å². The summed E-state index contributed by atoms with van der Waals surface area (Å²) >= 11 is 0. The number of ether oxygens (including phenoxy) is 1. The van der Waals surface area contributed by atoms with E-state index in [1.54, 1.807) is 13.8 Å². The van der Waals surface area contributed by atoms with E-state index in [1.165, 1.54) is 0 Å². The van der Waals surface area contributed by atoms with E-state index < -0.39 is 11.4 Å². The van der Waals surface area contributed by atoms with Crippen molar-refractivity contribution < 1.29 is 14.6 Å². The van der Waals surface area contributed by atoms with Crippen molar-refractivity contribution in [3.63, 3.8) is 0 Å². The second-order valence-corrected chi connectivity index (χ2v) is 4.55. The van der Waals surface area contributed by atoms with E-state index in [9.17, 15) is 4.79 Å². The van der Waals surface area contributed by atoms with Crippen molar-refractivity contribution in [1.29, 1.82) is 0 Å². The van der Waals surface area contributed by atoms with Gasteiger partial charge >= 0.3 is 5.97 Å². The Bertz CT molecular complexity index is 198. The Hall–Kier alpha value is -0.610. The topological polar surface area (TPSA) is 58.6 Å². The highest BCUT2D eigenvalue weighted by Gasteiger charge is 2.27. The number of hydrogen-bond donors (Lipinski definition) is 2. The molecule has 1 saturated heterocycles. The molecule has 1 heterocycles. The summed E-state index contributed by atoms with van der Waals surface area (Å²) < 4.78 is 5.23. The molecule has 0 amide bonds. The minimum absolute atomic E-state index is 0.513. The Morgan fingerprint density at radius 3 is 2.86 bits per heavy atom. The molecule has 2 N–H and O–H groups in total. The molecule has 0 saturated carbocycles. The lowest BCUT2D eigenvalue weighted by molar-refractivity contribution is -0.146. The summed E-state index contributed by atoms with van der Waals surface area (Å²) in [6.45, 7) is 6.48. The maximum Gasteiger partial charge on any atom is 0.310 e. The zero-order valence-electron chi connectivity index (χ0n) is 8.88. The van der Waals surface area contributed by atoms with Crippen LogP contribution in [0.15, 0.2) is 0 Å². The normalized spacial score (nSPS) is 22.6. The number of rotatable bonds is 5. The molecule has 0 radical (unpaired) electrons. The Morgan fingerprint density at radius 1 is 1.64 bits per heavy atom. The van der Waals surface area contributed by atoms with Crippen LogP contribution in [0, 0.1) is 11.3 Å². The van der Waals surface area contributed by atoms with Crippen molar-refractivity contribution in [2.45, 2.75) is 20.3 Å². The monoisotopic (exact) mass is 201 g/mol. The third-order valence-corrected chi connectivity index (χ3v) is 2.60. The second kappa shape index (κ2) is 4.75. The first-order valence-electron chi connectivity index (χ1n) is 5.04. The summed E-state index contributed by atoms with van der Waals surface area (Å²) in [5.41, 5.74) is -0.681. The van der Waals surface area contributed by atoms with E-state index in [4.69, 9.17) is 9.84 Å². The molecule has 1 rings (SSSR count). The molecule has 0 aromatic rings. The van der Waals surface area contributed by atoms with Crippen LogP contribution in [0.3, 0.4) is 0 Å². The van der Waals surface area contributed by atoms with E-state index in [0.717, 1.165) is 26.2 Å². The van der Waals surface area contributed by atoms with E-state index in [0.29, 0.717) is 12.5 Å². The predicted molar refractivity (Wildman–Crippen MR) is 53.2 cm³/mol. The van der Waals surface area contributed by atoms with E-state index in [-0.39, 0.29) is 0 Å². The van der Waals surface area contributed by atoms with Gasteiger partial charge in [-0.15, -0.1) is 0 Å². The second-order valence-electron chi connectivity index (χ2n) is 4.55. The van der Waals surface area contributed by atoms with Gasteiger partial charge in [0.1, 0.15) is 0 Å². The number of aliphatic carboxylic acids is 1. The van der Waals surface area contributed by atoms with Crippen LogP contribution in [0.5, 0.6) is 0 Å². The molecule has 1 aliphatic heterocycles. The van der Waals surface area contributed by atoms with Gasteiger partial charge in [0.2, 0.25) is 0 Å². The summed E-state index contributed by atoms with van der Waals surface area (Å²) in [7, 11) is 0. The standard InChI is InChI=1S/C10H19NO3/c1-10(2,9(12)13)7-11-5-8-3-4-14-6-8/h8,11H,3-7H2,1-2H3,(H,12,13). The predicted octanol–water partition coefficient (Wildman–Crippen LogP) is 0.723. The summed E-state index contributed by atoms with van der Waals surface area (Å²) in [5, 5.41) is 12.1. The van der Waals surface area contributed by atoms with Crippen molar-refractivity contribution in [2.24, 2.45) is 11.3 Å². The van der Waals surface area contributed by atoms with Gasteiger partial charge in [-0.1, -0.05) is 0 Å². The van der Waals surface area contributed by atoms with Crippen molar-refractivity contribution in [3.8, 4) is 0 Å². The van der Waals surface area contributed by atoms with Gasteiger partial charge in [-0.25, -0.2) is 0 Å². The molecule has 1 aliphatic rings. The van der Waals surface area contributed by atoms with Gasteiger partial charge in [-0.05, 0) is 26.2 Å². The third kappa shape index (κ3) is 3.27. The molecule has 0 bridgehead atoms. The Kier molecular flexibility index (Phi) is 3.89. The van der Waals surface area contributed by atoms with Gasteiger partial charge in [0, 0.05) is 19.7 Å². The van der Waals surface area contributed by atoms with Crippen LogP contribution in [-0.2, 0) is 9.53 Å². The zero-order chi connectivity index (χ0) is 10.6. The van der Waals surface area contributed by atoms with Gasteiger partial charge in [-0.2, -0.15) is 0 Å². The van der Waals surface area contributed by atoms with Crippen molar-refractivity contribution in [1.82, 2.24) is 5.32 Å². The lowest BCUT2D eigenvalue weighted by atomic mass is 9.93. The highest BCUT2D eigenvalue weighted by atomic mass is 16.5. The minimum Gasteiger partial charge on any atom is -0.481 e. The largest absolute Gasteiger partial charge is 0.481 e. The molecule has 1 atom stereocenters. The molecule has 4 nitrogen and oxygen atoms in total. The number of nitrogens with one attached hydrogen (secondary N) is 1. The minimum atomic E-state index is -0.757. The fraction of sp³-hybridized carbons (Fsp3) is 0.900. The molecule has 0 aromatic carbocycles. The smallest absolute Gasteiger partial charge is 0.310 e. The number of carboxylic acids is 1. The maximum atomic E-state index is 10.8. The van der Waals surface area contributed by atoms with E-state index >= 15 is 0 Å². The lowest BCUT2D eigenvalue weighted by Gasteiger charge is -2.20. The average Bonchev–Trinajstić information content (AvgIpc) is 2.56. The molecule has 14 heavy (non-hydrogen) atoms. The van der Waals surface area contributed by atoms with Gasteiger partial charge in [0.05, 0.1) is 12.0 Å². The molecule has 1 fully saturated rings. The summed E-state index contributed by atoms with van der Waals surface area (Å²) in [6.07, 6.45) is 1.08. The van der Waals surface area contributed by atoms with Gasteiger partial charge in [0.15, 0.2) is 0 Å². The summed E-state index contributed by atoms with van der Waals surface area (Å²) in [5.74, 6) is -0.202. The van der Waals surface area contributed by atoms with Gasteiger partial charge < -0.3 is 15.2 Å². The third-order valence-electron chi connectivity index (χ3n) is 2.60. The SMILES string of the molecule is CC(C)(CNCC1CCOC1)C(=O)O. The lowest BCUT2D eigenvalue weighted by Crippen LogP contribution is -2.38. The van der Waals surface area contributed by atoms with E-state index in [2.05, 4.69) is 5.32 Å². The Labute approximate surface area is 84.6 Å². The molecule has 1 unspecified atom stereocenters. The molecule has 4 heteroatoms. The quantitative estimate of drug-likeness (QED) is 0.688. The first kappa shape index (κ1) is 11.5. The fourth-order valence-electron chi connectivity index (χ4n) is 1.41. The first-order valence-corrected chi connectivity index (χ1v) is 5.04. The highest BCUT2D eigenvalue weighted by Crippen LogP contribution is 2.15. The Morgan fingerprint density at radius 2 is 2.36 bits per heavy atom. The zero-order valence-corrected chi connectivity index (χ0v) is 8.88. The van der Waals surface area contributed by atoms with Crippen molar-refractivity contribution in [2.75, 3.05) is 26.3 Å². The van der Waals surface area contributed by atoms with Crippen LogP contribution in [0.2, 0.25) is 0 Å². The number of carbonyl (C=O) groups is 1. The van der Waals surface area contributed by atoms with Crippen molar-refractivity contribution >= 4 is 5.97 Å². The maximum absolute atomic E-state index is 10.8. The summed E-state index contributed by atoms with van der Waals surface area (Å²) in [4.78, 5) is 10.8. The number of hydrogen-bond acceptors (Lipinski definition) is 3. The molecule has 82 valence electrons. The molecule has 0 spiro atoms. The van der Waals surface area contributed by atoms with Gasteiger partial charge in [0.25, 0.3) is 0 Å². The number of carboxylic acid groups (broad SMARTS) is 1. The molecular formula is C10H19NO3. The summed E-state index contributed by atoms with van der Waals surface area (Å²) in [6, 6.07) is 0. The van der Waals surface area contributed by atoms with Crippen LogP contribution in [0.1, 0.15) is 20.3 Å². The molecular weight excluding hydrogens is 182 g/mol.